The van der Waals surface area contributed by atoms with Crippen LogP contribution in [0.5, 0.6) is 0 Å². The fraction of sp³-hybridized carbons (Fsp3) is 0.816. The van der Waals surface area contributed by atoms with E-state index in [9.17, 15) is 67.4 Å². The average Bonchev–Trinajstić information content (AvgIpc) is 3.14. The maximum Gasteiger partial charge on any atom is 0.469 e. The Bertz CT molecular complexity index is 1780. The Kier molecular flexibility index (Phi) is 14.9. The molecule has 8 aliphatic rings. The molecule has 0 saturated heterocycles. The Labute approximate surface area is 358 Å². The van der Waals surface area contributed by atoms with Crippen molar-refractivity contribution in [3.05, 3.63) is 0 Å². The quantitative estimate of drug-likeness (QED) is 0.0468. The highest BCUT2D eigenvalue weighted by molar-refractivity contribution is 7.46. The summed E-state index contributed by atoms with van der Waals surface area (Å²) >= 11 is 0. The molecule has 8 saturated carbocycles. The molecule has 0 aliphatic heterocycles. The molecule has 8 bridgehead atoms. The number of nitrogens with one attached hydrogen (secondary N) is 5. The van der Waals surface area contributed by atoms with Gasteiger partial charge >= 0.3 is 21.6 Å². The Hall–Kier alpha value is -3.49. The molecule has 0 unspecified atom stereocenters. The standard InChI is InChI=1S/C38H60N6O16P2/c39-31(47)26(3-1-2-4-40-35(51)37-12-20-5-21(13-37)7-22(6-20)14-37)41-33(49)28(18-59-61(53,54)55)43-34(50)29(19-60-62(56,57)58)42-32(48)27(11-30(45)46)44-36(52)38-15-23-8-24(16-38)10-25(9-23)17-38/h20-29H,1-19H2,(H2,39,47)(H,40,51)(H,41,49)(H,42,48)(H,43,50)(H,44,52)(H,45,46)(H2,53,54,55)(H2,56,57,58)/t20?,21?,22?,23?,24?,25?,26-,27-,28-,29-,37?,38?/m0/s1. The number of hydrogen-bond donors (Lipinski definition) is 11. The van der Waals surface area contributed by atoms with Crippen molar-refractivity contribution in [3.63, 3.8) is 0 Å². The molecule has 8 fully saturated rings. The summed E-state index contributed by atoms with van der Waals surface area (Å²) in [5.41, 5.74) is 4.40. The fourth-order valence-electron chi connectivity index (χ4n) is 12.1. The Morgan fingerprint density at radius 3 is 1.31 bits per heavy atom. The minimum atomic E-state index is -5.33. The van der Waals surface area contributed by atoms with E-state index in [4.69, 9.17) is 5.73 Å². The van der Waals surface area contributed by atoms with Gasteiger partial charge in [0.1, 0.15) is 24.2 Å². The van der Waals surface area contributed by atoms with Crippen LogP contribution in [0.3, 0.4) is 0 Å². The Morgan fingerprint density at radius 2 is 0.935 bits per heavy atom. The molecule has 8 rings (SSSR count). The smallest absolute Gasteiger partial charge is 0.469 e. The van der Waals surface area contributed by atoms with Crippen LogP contribution in [-0.2, 0) is 51.7 Å². The Morgan fingerprint density at radius 1 is 0.565 bits per heavy atom. The second-order valence-electron chi connectivity index (χ2n) is 18.9. The van der Waals surface area contributed by atoms with E-state index in [1.807, 2.05) is 0 Å². The van der Waals surface area contributed by atoms with Crippen LogP contribution in [0.2, 0.25) is 0 Å². The maximum atomic E-state index is 13.7. The molecule has 348 valence electrons. The third kappa shape index (κ3) is 12.4. The molecule has 62 heavy (non-hydrogen) atoms. The zero-order chi connectivity index (χ0) is 45.2. The summed E-state index contributed by atoms with van der Waals surface area (Å²) in [5, 5.41) is 21.6. The summed E-state index contributed by atoms with van der Waals surface area (Å²) in [6, 6.07) is -7.28. The normalized spacial score (nSPS) is 31.3. The van der Waals surface area contributed by atoms with Crippen molar-refractivity contribution in [3.8, 4) is 0 Å². The number of nitrogens with two attached hydrogens (primary N) is 1. The number of carboxylic acid groups (broad SMARTS) is 1. The number of unbranched alkanes of at least 4 members (excludes halogenated alkanes) is 1. The fourth-order valence-corrected chi connectivity index (χ4v) is 12.8. The first kappa shape index (κ1) is 48.0. The predicted molar refractivity (Wildman–Crippen MR) is 213 cm³/mol. The number of amides is 6. The van der Waals surface area contributed by atoms with Crippen LogP contribution >= 0.6 is 15.6 Å². The molecule has 6 amide bonds. The van der Waals surface area contributed by atoms with Gasteiger partial charge in [-0.15, -0.1) is 0 Å². The number of carbonyl (C=O) groups is 7. The van der Waals surface area contributed by atoms with Crippen LogP contribution in [0.4, 0.5) is 0 Å². The van der Waals surface area contributed by atoms with Crippen LogP contribution in [0.25, 0.3) is 0 Å². The summed E-state index contributed by atoms with van der Waals surface area (Å²) in [6.45, 7) is -2.17. The van der Waals surface area contributed by atoms with Gasteiger partial charge in [0.2, 0.25) is 35.4 Å². The van der Waals surface area contributed by atoms with Gasteiger partial charge < -0.3 is 57.0 Å². The van der Waals surface area contributed by atoms with Crippen molar-refractivity contribution < 1.29 is 76.4 Å². The third-order valence-electron chi connectivity index (χ3n) is 14.0. The summed E-state index contributed by atoms with van der Waals surface area (Å²) < 4.78 is 32.2. The first-order chi connectivity index (χ1) is 29.0. The topological polar surface area (TPSA) is 359 Å². The van der Waals surface area contributed by atoms with Crippen LogP contribution in [0.1, 0.15) is 103 Å². The van der Waals surface area contributed by atoms with Crippen LogP contribution < -0.4 is 32.3 Å². The van der Waals surface area contributed by atoms with Gasteiger partial charge in [0.15, 0.2) is 0 Å². The van der Waals surface area contributed by atoms with Crippen molar-refractivity contribution in [2.24, 2.45) is 52.1 Å². The van der Waals surface area contributed by atoms with Crippen molar-refractivity contribution in [2.75, 3.05) is 19.8 Å². The minimum Gasteiger partial charge on any atom is -0.481 e. The molecule has 0 spiro atoms. The van der Waals surface area contributed by atoms with Crippen molar-refractivity contribution in [2.45, 2.75) is 127 Å². The number of carboxylic acids is 1. The highest BCUT2D eigenvalue weighted by atomic mass is 31.2. The number of phosphoric acid groups is 2. The van der Waals surface area contributed by atoms with Gasteiger partial charge in [0.05, 0.1) is 19.6 Å². The lowest BCUT2D eigenvalue weighted by atomic mass is 9.49. The highest BCUT2D eigenvalue weighted by Crippen LogP contribution is 2.61. The van der Waals surface area contributed by atoms with Gasteiger partial charge in [-0.25, -0.2) is 9.13 Å². The Balaban J connectivity index is 1.07. The van der Waals surface area contributed by atoms with E-state index < -0.39 is 100 Å². The van der Waals surface area contributed by atoms with E-state index in [2.05, 4.69) is 35.6 Å². The van der Waals surface area contributed by atoms with E-state index in [0.717, 1.165) is 38.5 Å². The number of aliphatic carboxylic acids is 1. The van der Waals surface area contributed by atoms with Gasteiger partial charge in [0, 0.05) is 17.4 Å². The molecular formula is C38H60N6O16P2. The lowest BCUT2D eigenvalue weighted by molar-refractivity contribution is -0.150. The second-order valence-corrected chi connectivity index (χ2v) is 21.4. The minimum absolute atomic E-state index is 0.0281. The monoisotopic (exact) mass is 918 g/mol. The van der Waals surface area contributed by atoms with Gasteiger partial charge in [-0.3, -0.25) is 42.6 Å². The van der Waals surface area contributed by atoms with Crippen molar-refractivity contribution >= 4 is 57.1 Å². The molecule has 0 aromatic carbocycles. The van der Waals surface area contributed by atoms with Gasteiger partial charge in [0.25, 0.3) is 0 Å². The van der Waals surface area contributed by atoms with Crippen LogP contribution in [0, 0.1) is 46.3 Å². The van der Waals surface area contributed by atoms with Gasteiger partial charge in [-0.2, -0.15) is 0 Å². The number of primary amides is 1. The molecular weight excluding hydrogens is 858 g/mol. The molecule has 0 aromatic rings. The third-order valence-corrected chi connectivity index (χ3v) is 15.0. The second kappa shape index (κ2) is 19.3. The highest BCUT2D eigenvalue weighted by Gasteiger charge is 2.56. The molecule has 0 heterocycles. The van der Waals surface area contributed by atoms with Crippen LogP contribution in [0.15, 0.2) is 0 Å². The number of carbonyl (C=O) groups excluding carboxylic acids is 6. The molecule has 8 aliphatic carbocycles. The van der Waals surface area contributed by atoms with Crippen molar-refractivity contribution in [1.82, 2.24) is 26.6 Å². The number of hydrogen-bond acceptors (Lipinski definition) is 11. The number of phosphoric ester groups is 2. The lowest BCUT2D eigenvalue weighted by Crippen LogP contribution is -2.61. The summed E-state index contributed by atoms with van der Waals surface area (Å²) in [5.74, 6) is -4.20. The molecule has 24 heteroatoms. The first-order valence-corrected chi connectivity index (χ1v) is 24.5. The van der Waals surface area contributed by atoms with Gasteiger partial charge in [-0.05, 0) is 132 Å². The zero-order valence-electron chi connectivity index (χ0n) is 34.4. The molecule has 0 radical (unpaired) electrons. The maximum absolute atomic E-state index is 13.7. The van der Waals surface area contributed by atoms with E-state index in [-0.39, 0.29) is 24.2 Å². The molecule has 12 N–H and O–H groups in total. The molecule has 4 atom stereocenters. The first-order valence-electron chi connectivity index (χ1n) is 21.4. The molecule has 22 nitrogen and oxygen atoms in total. The van der Waals surface area contributed by atoms with E-state index >= 15 is 0 Å². The zero-order valence-corrected chi connectivity index (χ0v) is 36.2. The van der Waals surface area contributed by atoms with Crippen LogP contribution in [-0.4, -0.2) is 110 Å². The predicted octanol–water partition coefficient (Wildman–Crippen LogP) is -0.176. The van der Waals surface area contributed by atoms with E-state index in [0.29, 0.717) is 67.7 Å². The molecule has 0 aromatic heterocycles. The lowest BCUT2D eigenvalue weighted by Gasteiger charge is -2.55. The largest absolute Gasteiger partial charge is 0.481 e. The van der Waals surface area contributed by atoms with Gasteiger partial charge in [-0.1, -0.05) is 0 Å². The number of rotatable bonds is 23. The van der Waals surface area contributed by atoms with Crippen molar-refractivity contribution in [1.29, 1.82) is 0 Å². The summed E-state index contributed by atoms with van der Waals surface area (Å²) in [6.07, 6.45) is 10.6. The van der Waals surface area contributed by atoms with E-state index in [1.165, 1.54) is 19.3 Å². The SMILES string of the molecule is NC(=O)[C@H](CCCCNC(=O)C12CC3CC(CC(C3)C1)C2)NC(=O)[C@H](COP(=O)(O)O)NC(=O)[C@H](COP(=O)(O)O)NC(=O)[C@H](CC(=O)O)NC(=O)C12CC3CC(CC(C3)C1)C2. The summed E-state index contributed by atoms with van der Waals surface area (Å²) in [7, 11) is -10.6. The summed E-state index contributed by atoms with van der Waals surface area (Å²) in [4.78, 5) is 130. The van der Waals surface area contributed by atoms with E-state index in [1.54, 1.807) is 0 Å². The average molecular weight is 919 g/mol.